The minimum atomic E-state index is -0.482. The molecular formula is C20H21N6O2S+. The van der Waals surface area contributed by atoms with Crippen LogP contribution in [-0.4, -0.2) is 37.5 Å². The smallest absolute Gasteiger partial charge is 0.289 e. The minimum Gasteiger partial charge on any atom is -0.378 e. The quantitative estimate of drug-likeness (QED) is 0.720. The molecule has 9 heteroatoms. The third-order valence-corrected chi connectivity index (χ3v) is 5.61. The average Bonchev–Trinajstić information content (AvgIpc) is 2.75. The molecule has 0 aliphatic carbocycles. The van der Waals surface area contributed by atoms with Gasteiger partial charge in [-0.2, -0.15) is 10.5 Å². The van der Waals surface area contributed by atoms with Gasteiger partial charge in [0.2, 0.25) is 5.91 Å². The van der Waals surface area contributed by atoms with Gasteiger partial charge < -0.3 is 15.0 Å². The van der Waals surface area contributed by atoms with Crippen molar-refractivity contribution in [2.75, 3.05) is 42.3 Å². The van der Waals surface area contributed by atoms with Crippen molar-refractivity contribution in [1.82, 2.24) is 0 Å². The molecular weight excluding hydrogens is 388 g/mol. The van der Waals surface area contributed by atoms with Crippen LogP contribution in [0.3, 0.4) is 0 Å². The first kappa shape index (κ1) is 20.5. The first-order valence-corrected chi connectivity index (χ1v) is 9.96. The van der Waals surface area contributed by atoms with Crippen LogP contribution in [0.25, 0.3) is 0 Å². The number of carbonyl (C=O) groups is 1. The van der Waals surface area contributed by atoms with Crippen LogP contribution in [0.1, 0.15) is 18.1 Å². The lowest BCUT2D eigenvalue weighted by Gasteiger charge is -2.28. The number of hydrogen-bond acceptors (Lipinski definition) is 7. The predicted molar refractivity (Wildman–Crippen MR) is 110 cm³/mol. The molecule has 4 N–H and O–H groups in total. The largest absolute Gasteiger partial charge is 0.378 e. The Bertz CT molecular complexity index is 974. The molecule has 3 rings (SSSR count). The van der Waals surface area contributed by atoms with E-state index >= 15 is 0 Å². The third-order valence-electron chi connectivity index (χ3n) is 4.49. The molecule has 1 aromatic carbocycles. The molecule has 148 valence electrons. The summed E-state index contributed by atoms with van der Waals surface area (Å²) < 4.78 is 5.36. The monoisotopic (exact) mass is 409 g/mol. The number of ether oxygens (including phenoxy) is 1. The molecule has 1 aromatic heterocycles. The number of nitriles is 2. The molecule has 0 saturated carbocycles. The maximum Gasteiger partial charge on any atom is 0.289 e. The molecule has 0 radical (unpaired) electrons. The van der Waals surface area contributed by atoms with Crippen molar-refractivity contribution in [1.29, 1.82) is 10.5 Å². The van der Waals surface area contributed by atoms with Gasteiger partial charge in [-0.25, -0.2) is 4.98 Å². The summed E-state index contributed by atoms with van der Waals surface area (Å²) in [6.45, 7) is 4.88. The fraction of sp³-hybridized carbons (Fsp3) is 0.300. The first-order chi connectivity index (χ1) is 14.0. The summed E-state index contributed by atoms with van der Waals surface area (Å²) in [6, 6.07) is 13.1. The molecule has 2 heterocycles. The lowest BCUT2D eigenvalue weighted by molar-refractivity contribution is -0.410. The van der Waals surface area contributed by atoms with Crippen molar-refractivity contribution in [3.8, 4) is 12.1 Å². The van der Waals surface area contributed by atoms with Crippen LogP contribution < -0.4 is 20.9 Å². The molecule has 1 amide bonds. The second-order valence-corrected chi connectivity index (χ2v) is 7.81. The number of anilines is 3. The van der Waals surface area contributed by atoms with Crippen LogP contribution in [0.5, 0.6) is 0 Å². The van der Waals surface area contributed by atoms with E-state index in [2.05, 4.69) is 15.2 Å². The number of hydrogen-bond donors (Lipinski definition) is 2. The summed E-state index contributed by atoms with van der Waals surface area (Å²) in [6.07, 6.45) is 0. The van der Waals surface area contributed by atoms with E-state index in [0.717, 1.165) is 32.0 Å². The van der Waals surface area contributed by atoms with E-state index in [1.165, 1.54) is 17.8 Å². The highest BCUT2D eigenvalue weighted by molar-refractivity contribution is 8.00. The number of benzene rings is 1. The molecule has 2 aromatic rings. The molecule has 1 atom stereocenters. The molecule has 8 nitrogen and oxygen atoms in total. The van der Waals surface area contributed by atoms with E-state index in [-0.39, 0.29) is 22.9 Å². The van der Waals surface area contributed by atoms with Crippen molar-refractivity contribution in [3.05, 3.63) is 41.5 Å². The van der Waals surface area contributed by atoms with Crippen molar-refractivity contribution < 1.29 is 14.5 Å². The summed E-state index contributed by atoms with van der Waals surface area (Å²) in [5.41, 5.74) is 8.05. The molecule has 0 unspecified atom stereocenters. The first-order valence-electron chi connectivity index (χ1n) is 9.08. The topological polar surface area (TPSA) is 129 Å². The lowest BCUT2D eigenvalue weighted by atomic mass is 10.2. The van der Waals surface area contributed by atoms with Crippen LogP contribution in [-0.2, 0) is 9.53 Å². The van der Waals surface area contributed by atoms with Gasteiger partial charge in [0.1, 0.15) is 23.3 Å². The Hall–Kier alpha value is -3.27. The zero-order chi connectivity index (χ0) is 20.8. The number of morpholine rings is 1. The molecule has 1 saturated heterocycles. The number of thioether (sulfide) groups is 1. The molecule has 1 aliphatic heterocycles. The maximum atomic E-state index is 12.6. The van der Waals surface area contributed by atoms with Crippen molar-refractivity contribution in [3.63, 3.8) is 0 Å². The zero-order valence-corrected chi connectivity index (χ0v) is 16.8. The van der Waals surface area contributed by atoms with Gasteiger partial charge in [-0.1, -0.05) is 11.8 Å². The van der Waals surface area contributed by atoms with Crippen LogP contribution in [0.4, 0.5) is 17.2 Å². The average molecular weight is 409 g/mol. The number of rotatable bonds is 5. The van der Waals surface area contributed by atoms with E-state index < -0.39 is 5.25 Å². The van der Waals surface area contributed by atoms with E-state index in [0.29, 0.717) is 10.7 Å². The van der Waals surface area contributed by atoms with Crippen molar-refractivity contribution in [2.24, 2.45) is 0 Å². The number of nitrogens with zero attached hydrogens (tertiary/aromatic N) is 3. The summed E-state index contributed by atoms with van der Waals surface area (Å²) in [5.74, 6) is -0.0327. The standard InChI is InChI=1S/C20H20N6O2S/c1-13(29-20-15(12-22)10-14(11-21)18(23)25-20)19(27)24-16-2-4-17(5-3-16)26-6-8-28-9-7-26/h2-5,10,13H,6-9H2,1H3,(H2,23,25)(H,24,27)/p+1/t13-/m0/s1. The van der Waals surface area contributed by atoms with Gasteiger partial charge in [-0.15, -0.1) is 0 Å². The highest BCUT2D eigenvalue weighted by Crippen LogP contribution is 2.26. The maximum absolute atomic E-state index is 12.6. The second-order valence-electron chi connectivity index (χ2n) is 6.46. The van der Waals surface area contributed by atoms with Crippen molar-refractivity contribution in [2.45, 2.75) is 17.2 Å². The number of nitrogen functional groups attached to an aromatic ring is 1. The van der Waals surface area contributed by atoms with Gasteiger partial charge in [0.05, 0.1) is 18.5 Å². The molecule has 0 spiro atoms. The second kappa shape index (κ2) is 9.28. The van der Waals surface area contributed by atoms with E-state index in [9.17, 15) is 10.1 Å². The number of aromatic amines is 1. The van der Waals surface area contributed by atoms with Crippen LogP contribution in [0.15, 0.2) is 35.4 Å². The van der Waals surface area contributed by atoms with Crippen LogP contribution in [0.2, 0.25) is 0 Å². The fourth-order valence-electron chi connectivity index (χ4n) is 2.86. The van der Waals surface area contributed by atoms with Gasteiger partial charge in [0.15, 0.2) is 5.03 Å². The normalized spacial score (nSPS) is 14.5. The Morgan fingerprint density at radius 3 is 2.52 bits per heavy atom. The molecule has 29 heavy (non-hydrogen) atoms. The molecule has 1 aliphatic rings. The third kappa shape index (κ3) is 4.96. The summed E-state index contributed by atoms with van der Waals surface area (Å²) in [4.78, 5) is 17.6. The van der Waals surface area contributed by atoms with Gasteiger partial charge in [-0.05, 0) is 37.3 Å². The summed E-state index contributed by atoms with van der Waals surface area (Å²) >= 11 is 1.18. The fourth-order valence-corrected chi connectivity index (χ4v) is 3.78. The number of amides is 1. The van der Waals surface area contributed by atoms with E-state index in [1.54, 1.807) is 6.92 Å². The molecule has 0 bridgehead atoms. The van der Waals surface area contributed by atoms with Gasteiger partial charge in [0.25, 0.3) is 5.82 Å². The van der Waals surface area contributed by atoms with Crippen LogP contribution >= 0.6 is 11.8 Å². The van der Waals surface area contributed by atoms with Gasteiger partial charge in [-0.3, -0.25) is 10.5 Å². The Morgan fingerprint density at radius 2 is 1.90 bits per heavy atom. The van der Waals surface area contributed by atoms with E-state index in [4.69, 9.17) is 15.7 Å². The molecule has 1 fully saturated rings. The minimum absolute atomic E-state index is 0.167. The Labute approximate surface area is 173 Å². The number of carbonyl (C=O) groups excluding carboxylic acids is 1. The number of pyridine rings is 1. The summed E-state index contributed by atoms with van der Waals surface area (Å²) in [7, 11) is 0. The van der Waals surface area contributed by atoms with Gasteiger partial charge >= 0.3 is 0 Å². The number of aromatic nitrogens is 1. The highest BCUT2D eigenvalue weighted by atomic mass is 32.2. The zero-order valence-electron chi connectivity index (χ0n) is 15.9. The SMILES string of the molecule is C[C@H](Sc1[nH+]c(N)c(C#N)cc1C#N)C(=O)Nc1ccc(N2CCOCC2)cc1. The number of nitrogens with two attached hydrogens (primary N) is 1. The Balaban J connectivity index is 1.64. The van der Waals surface area contributed by atoms with Crippen molar-refractivity contribution >= 4 is 34.9 Å². The predicted octanol–water partition coefficient (Wildman–Crippen LogP) is 1.78. The van der Waals surface area contributed by atoms with Gasteiger partial charge in [0, 0.05) is 24.5 Å². The Kier molecular flexibility index (Phi) is 6.55. The van der Waals surface area contributed by atoms with Crippen LogP contribution in [0, 0.1) is 22.7 Å². The summed E-state index contributed by atoms with van der Waals surface area (Å²) in [5, 5.41) is 21.2. The number of H-pyrrole nitrogens is 1. The highest BCUT2D eigenvalue weighted by Gasteiger charge is 2.21. The number of nitrogens with one attached hydrogen (secondary N) is 2. The Morgan fingerprint density at radius 1 is 1.24 bits per heavy atom. The lowest BCUT2D eigenvalue weighted by Crippen LogP contribution is -2.36. The van der Waals surface area contributed by atoms with E-state index in [1.807, 2.05) is 36.4 Å².